The second-order valence-corrected chi connectivity index (χ2v) is 9.49. The van der Waals surface area contributed by atoms with Crippen LogP contribution in [0.2, 0.25) is 0 Å². The molecule has 0 aliphatic rings. The van der Waals surface area contributed by atoms with E-state index in [2.05, 4.69) is 48.5 Å². The number of rotatable bonds is 2. The van der Waals surface area contributed by atoms with Crippen molar-refractivity contribution in [3.8, 4) is 22.8 Å². The zero-order chi connectivity index (χ0) is 25.1. The van der Waals surface area contributed by atoms with Gasteiger partial charge in [0.25, 0.3) is 0 Å². The number of benzene rings is 6. The molecule has 0 fully saturated rings. The monoisotopic (exact) mass is 484 g/mol. The number of aromatic nitrogens is 4. The van der Waals surface area contributed by atoms with Crippen molar-refractivity contribution < 1.29 is 0 Å². The Hall–Kier alpha value is -5.22. The largest absolute Gasteiger partial charge is 0.236 e. The minimum absolute atomic E-state index is 0.684. The van der Waals surface area contributed by atoms with Gasteiger partial charge in [-0.15, -0.1) is 0 Å². The highest BCUT2D eigenvalue weighted by molar-refractivity contribution is 6.38. The van der Waals surface area contributed by atoms with E-state index < -0.39 is 0 Å². The molecule has 4 heteroatoms. The maximum Gasteiger partial charge on any atom is 0.159 e. The number of hydrogen-bond acceptors (Lipinski definition) is 4. The Morgan fingerprint density at radius 1 is 0.342 bits per heavy atom. The first-order chi connectivity index (χ1) is 18.9. The lowest BCUT2D eigenvalue weighted by Crippen LogP contribution is -1.97. The fourth-order valence-electron chi connectivity index (χ4n) is 5.64. The van der Waals surface area contributed by atoms with Crippen molar-refractivity contribution in [1.29, 1.82) is 0 Å². The van der Waals surface area contributed by atoms with Crippen molar-refractivity contribution in [3.63, 3.8) is 0 Å². The lowest BCUT2D eigenvalue weighted by molar-refractivity contribution is 1.21. The Morgan fingerprint density at radius 2 is 0.711 bits per heavy atom. The summed E-state index contributed by atoms with van der Waals surface area (Å²) in [4.78, 5) is 20.0. The Labute approximate surface area is 218 Å². The Balaban J connectivity index is 1.62. The van der Waals surface area contributed by atoms with Crippen LogP contribution in [-0.4, -0.2) is 19.9 Å². The van der Waals surface area contributed by atoms with E-state index in [1.165, 1.54) is 21.5 Å². The van der Waals surface area contributed by atoms with E-state index >= 15 is 0 Å². The molecule has 0 N–H and O–H groups in total. The van der Waals surface area contributed by atoms with Crippen LogP contribution >= 0.6 is 0 Å². The summed E-state index contributed by atoms with van der Waals surface area (Å²) in [5, 5.41) is 9.04. The molecule has 0 radical (unpaired) electrons. The molecule has 0 bridgehead atoms. The molecule has 0 aliphatic heterocycles. The van der Waals surface area contributed by atoms with E-state index in [4.69, 9.17) is 19.9 Å². The molecule has 0 saturated carbocycles. The van der Waals surface area contributed by atoms with Crippen LogP contribution in [0.15, 0.2) is 122 Å². The maximum atomic E-state index is 5.14. The summed E-state index contributed by atoms with van der Waals surface area (Å²) in [5.74, 6) is 1.37. The molecular weight excluding hydrogens is 464 g/mol. The van der Waals surface area contributed by atoms with Crippen molar-refractivity contribution in [2.75, 3.05) is 0 Å². The van der Waals surface area contributed by atoms with Gasteiger partial charge in [0.15, 0.2) is 11.6 Å². The predicted octanol–water partition coefficient (Wildman–Crippen LogP) is 8.37. The highest BCUT2D eigenvalue weighted by atomic mass is 14.9. The topological polar surface area (TPSA) is 51.6 Å². The maximum absolute atomic E-state index is 5.14. The third kappa shape index (κ3) is 3.04. The minimum atomic E-state index is 0.684. The van der Waals surface area contributed by atoms with Gasteiger partial charge in [-0.05, 0) is 21.5 Å². The van der Waals surface area contributed by atoms with Crippen LogP contribution in [0.1, 0.15) is 0 Å². The summed E-state index contributed by atoms with van der Waals surface area (Å²) in [5.41, 5.74) is 3.62. The molecule has 4 nitrogen and oxygen atoms in total. The van der Waals surface area contributed by atoms with Crippen molar-refractivity contribution in [3.05, 3.63) is 122 Å². The summed E-state index contributed by atoms with van der Waals surface area (Å²) in [6, 6.07) is 37.4. The number of hydrogen-bond donors (Lipinski definition) is 0. The van der Waals surface area contributed by atoms with Crippen molar-refractivity contribution in [2.24, 2.45) is 0 Å². The molecule has 0 spiro atoms. The first-order valence-electron chi connectivity index (χ1n) is 12.7. The Morgan fingerprint density at radius 3 is 1.13 bits per heavy atom. The van der Waals surface area contributed by atoms with Gasteiger partial charge in [-0.3, -0.25) is 0 Å². The average molecular weight is 485 g/mol. The van der Waals surface area contributed by atoms with E-state index in [0.29, 0.717) is 11.6 Å². The van der Waals surface area contributed by atoms with Crippen LogP contribution in [-0.2, 0) is 0 Å². The lowest BCUT2D eigenvalue weighted by atomic mass is 9.90. The SMILES string of the molecule is c1ccc(-c2ncc3c(n2)c2nc(-c4ccccc4)ncc2c2c4ccccc4c4ccccc4c32)cc1. The molecule has 0 aliphatic carbocycles. The van der Waals surface area contributed by atoms with Crippen LogP contribution in [0.3, 0.4) is 0 Å². The van der Waals surface area contributed by atoms with Gasteiger partial charge >= 0.3 is 0 Å². The van der Waals surface area contributed by atoms with E-state index in [1.807, 2.05) is 73.1 Å². The van der Waals surface area contributed by atoms with E-state index in [1.54, 1.807) is 0 Å². The molecule has 6 aromatic carbocycles. The number of fused-ring (bicyclic) bond motifs is 11. The van der Waals surface area contributed by atoms with E-state index in [9.17, 15) is 0 Å². The Kier molecular flexibility index (Phi) is 4.49. The fourth-order valence-corrected chi connectivity index (χ4v) is 5.64. The molecule has 2 aromatic heterocycles. The number of nitrogens with zero attached hydrogens (tertiary/aromatic N) is 4. The summed E-state index contributed by atoms with van der Waals surface area (Å²) in [6.07, 6.45) is 3.94. The predicted molar refractivity (Wildman–Crippen MR) is 156 cm³/mol. The molecule has 0 atom stereocenters. The first-order valence-corrected chi connectivity index (χ1v) is 12.7. The van der Waals surface area contributed by atoms with Crippen molar-refractivity contribution in [1.82, 2.24) is 19.9 Å². The molecule has 0 saturated heterocycles. The second-order valence-electron chi connectivity index (χ2n) is 9.49. The zero-order valence-electron chi connectivity index (χ0n) is 20.3. The smallest absolute Gasteiger partial charge is 0.159 e. The van der Waals surface area contributed by atoms with Crippen molar-refractivity contribution >= 4 is 54.1 Å². The molecule has 176 valence electrons. The van der Waals surface area contributed by atoms with Gasteiger partial charge in [-0.2, -0.15) is 0 Å². The standard InChI is InChI=1S/C34H20N4/c1-3-11-21(12-4-1)33-35-19-27-29-25-17-9-7-15-23(25)24-16-8-10-18-26(24)30(29)28-20-36-34(22-13-5-2-6-14-22)38-32(28)31(27)37-33/h1-20H. The van der Waals surface area contributed by atoms with Crippen LogP contribution in [0.4, 0.5) is 0 Å². The molecular formula is C34H20N4. The van der Waals surface area contributed by atoms with Gasteiger partial charge in [-0.1, -0.05) is 109 Å². The minimum Gasteiger partial charge on any atom is -0.236 e. The van der Waals surface area contributed by atoms with E-state index in [0.717, 1.165) is 43.7 Å². The average Bonchev–Trinajstić information content (AvgIpc) is 3.01. The molecule has 0 amide bonds. The summed E-state index contributed by atoms with van der Waals surface area (Å²) in [7, 11) is 0. The zero-order valence-corrected chi connectivity index (χ0v) is 20.3. The van der Waals surface area contributed by atoms with Gasteiger partial charge in [0.2, 0.25) is 0 Å². The fraction of sp³-hybridized carbons (Fsp3) is 0. The third-order valence-corrected chi connectivity index (χ3v) is 7.34. The first kappa shape index (κ1) is 20.9. The summed E-state index contributed by atoms with van der Waals surface area (Å²) in [6.45, 7) is 0. The normalized spacial score (nSPS) is 11.7. The summed E-state index contributed by atoms with van der Waals surface area (Å²) >= 11 is 0. The Bertz CT molecular complexity index is 2010. The highest BCUT2D eigenvalue weighted by Gasteiger charge is 2.19. The van der Waals surface area contributed by atoms with Crippen LogP contribution in [0.5, 0.6) is 0 Å². The molecule has 0 unspecified atom stereocenters. The van der Waals surface area contributed by atoms with Crippen LogP contribution < -0.4 is 0 Å². The summed E-state index contributed by atoms with van der Waals surface area (Å²) < 4.78 is 0. The van der Waals surface area contributed by atoms with Crippen molar-refractivity contribution in [2.45, 2.75) is 0 Å². The quantitative estimate of drug-likeness (QED) is 0.231. The van der Waals surface area contributed by atoms with Gasteiger partial charge in [-0.25, -0.2) is 19.9 Å². The van der Waals surface area contributed by atoms with Gasteiger partial charge < -0.3 is 0 Å². The van der Waals surface area contributed by atoms with E-state index in [-0.39, 0.29) is 0 Å². The highest BCUT2D eigenvalue weighted by Crippen LogP contribution is 2.43. The third-order valence-electron chi connectivity index (χ3n) is 7.34. The van der Waals surface area contributed by atoms with Gasteiger partial charge in [0.05, 0.1) is 0 Å². The molecule has 8 aromatic rings. The molecule has 8 rings (SSSR count). The molecule has 2 heterocycles. The second kappa shape index (κ2) is 8.15. The van der Waals surface area contributed by atoms with Gasteiger partial charge in [0, 0.05) is 45.1 Å². The van der Waals surface area contributed by atoms with Crippen LogP contribution in [0, 0.1) is 0 Å². The molecule has 38 heavy (non-hydrogen) atoms. The lowest BCUT2D eigenvalue weighted by Gasteiger charge is -2.16. The van der Waals surface area contributed by atoms with Crippen LogP contribution in [0.25, 0.3) is 76.9 Å². The van der Waals surface area contributed by atoms with Gasteiger partial charge in [0.1, 0.15) is 11.0 Å².